The highest BCUT2D eigenvalue weighted by molar-refractivity contribution is 5.91. The van der Waals surface area contributed by atoms with Gasteiger partial charge >= 0.3 is 5.97 Å². The molecule has 1 aromatic carbocycles. The van der Waals surface area contributed by atoms with E-state index in [1.165, 1.54) is 19.1 Å². The van der Waals surface area contributed by atoms with E-state index in [0.717, 1.165) is 0 Å². The van der Waals surface area contributed by atoms with E-state index in [4.69, 9.17) is 5.11 Å². The number of aliphatic hydroxyl groups is 2. The molecule has 0 fully saturated rings. The van der Waals surface area contributed by atoms with Crippen LogP contribution >= 0.6 is 0 Å². The highest BCUT2D eigenvalue weighted by Crippen LogP contribution is 2.23. The number of carboxylic acid groups (broad SMARTS) is 1. The van der Waals surface area contributed by atoms with Gasteiger partial charge < -0.3 is 20.6 Å². The van der Waals surface area contributed by atoms with Gasteiger partial charge in [0, 0.05) is 13.5 Å². The lowest BCUT2D eigenvalue weighted by molar-refractivity contribution is -0.119. The number of hydrogen-bond donors (Lipinski definition) is 4. The Morgan fingerprint density at radius 2 is 1.70 bits per heavy atom. The van der Waals surface area contributed by atoms with Crippen molar-refractivity contribution in [2.45, 2.75) is 33.0 Å². The van der Waals surface area contributed by atoms with Crippen LogP contribution in [0.2, 0.25) is 0 Å². The first-order chi connectivity index (χ1) is 9.23. The molecule has 6 heteroatoms. The van der Waals surface area contributed by atoms with Crippen molar-refractivity contribution >= 4 is 11.9 Å². The van der Waals surface area contributed by atoms with E-state index < -0.39 is 18.2 Å². The maximum atomic E-state index is 11.1. The van der Waals surface area contributed by atoms with Crippen LogP contribution in [-0.2, 0) is 4.79 Å². The molecule has 0 aromatic heterocycles. The van der Waals surface area contributed by atoms with E-state index in [0.29, 0.717) is 16.7 Å². The summed E-state index contributed by atoms with van der Waals surface area (Å²) in [4.78, 5) is 21.8. The molecule has 0 saturated carbocycles. The summed E-state index contributed by atoms with van der Waals surface area (Å²) in [5, 5.41) is 31.3. The molecule has 1 rings (SSSR count). The number of hydrogen-bond acceptors (Lipinski definition) is 4. The monoisotopic (exact) mass is 281 g/mol. The van der Waals surface area contributed by atoms with Crippen LogP contribution in [0.1, 0.15) is 40.1 Å². The van der Waals surface area contributed by atoms with Crippen molar-refractivity contribution in [1.82, 2.24) is 5.32 Å². The summed E-state index contributed by atoms with van der Waals surface area (Å²) in [6.45, 7) is 4.50. The zero-order valence-electron chi connectivity index (χ0n) is 11.7. The molecule has 110 valence electrons. The smallest absolute Gasteiger partial charge is 0.336 e. The molecule has 0 heterocycles. The van der Waals surface area contributed by atoms with Gasteiger partial charge in [0.2, 0.25) is 5.91 Å². The van der Waals surface area contributed by atoms with E-state index in [1.54, 1.807) is 13.8 Å². The molecule has 20 heavy (non-hydrogen) atoms. The fourth-order valence-corrected chi connectivity index (χ4v) is 2.09. The second-order valence-corrected chi connectivity index (χ2v) is 4.78. The van der Waals surface area contributed by atoms with Crippen LogP contribution in [0.4, 0.5) is 0 Å². The molecule has 0 saturated heterocycles. The summed E-state index contributed by atoms with van der Waals surface area (Å²) in [6, 6.07) is 3.05. The number of amides is 1. The first kappa shape index (κ1) is 16.1. The summed E-state index contributed by atoms with van der Waals surface area (Å²) in [6.07, 6.45) is -2.35. The lowest BCUT2D eigenvalue weighted by Gasteiger charge is -2.20. The quantitative estimate of drug-likeness (QED) is 0.630. The Bertz CT molecular complexity index is 503. The van der Waals surface area contributed by atoms with E-state index >= 15 is 0 Å². The molecular formula is C14H19NO5. The average molecular weight is 281 g/mol. The van der Waals surface area contributed by atoms with Crippen LogP contribution in [0.3, 0.4) is 0 Å². The fourth-order valence-electron chi connectivity index (χ4n) is 2.09. The molecule has 0 aliphatic carbocycles. The molecule has 4 N–H and O–H groups in total. The first-order valence-electron chi connectivity index (χ1n) is 6.19. The SMILES string of the molecule is CC(=O)NCC(O)C(O)c1cc(C)c(C(=O)O)c(C)c1. The van der Waals surface area contributed by atoms with Crippen LogP contribution in [0.25, 0.3) is 0 Å². The van der Waals surface area contributed by atoms with Crippen molar-refractivity contribution in [3.63, 3.8) is 0 Å². The van der Waals surface area contributed by atoms with Crippen molar-refractivity contribution in [2.75, 3.05) is 6.54 Å². The fraction of sp³-hybridized carbons (Fsp3) is 0.429. The summed E-state index contributed by atoms with van der Waals surface area (Å²) in [5.41, 5.74) is 1.64. The van der Waals surface area contributed by atoms with Crippen molar-refractivity contribution in [3.8, 4) is 0 Å². The molecular weight excluding hydrogens is 262 g/mol. The predicted molar refractivity (Wildman–Crippen MR) is 72.5 cm³/mol. The Morgan fingerprint density at radius 3 is 2.10 bits per heavy atom. The summed E-state index contributed by atoms with van der Waals surface area (Å²) >= 11 is 0. The Kier molecular flexibility index (Phi) is 5.24. The molecule has 2 atom stereocenters. The summed E-state index contributed by atoms with van der Waals surface area (Å²) in [5.74, 6) is -1.33. The minimum atomic E-state index is -1.19. The molecule has 0 aliphatic heterocycles. The van der Waals surface area contributed by atoms with Crippen molar-refractivity contribution in [3.05, 3.63) is 34.4 Å². The molecule has 1 amide bonds. The van der Waals surface area contributed by atoms with Gasteiger partial charge in [0.05, 0.1) is 5.56 Å². The zero-order valence-corrected chi connectivity index (χ0v) is 11.7. The molecule has 6 nitrogen and oxygen atoms in total. The van der Waals surface area contributed by atoms with Crippen LogP contribution < -0.4 is 5.32 Å². The zero-order chi connectivity index (χ0) is 15.4. The van der Waals surface area contributed by atoms with Gasteiger partial charge in [-0.3, -0.25) is 4.79 Å². The number of carbonyl (C=O) groups is 2. The molecule has 0 spiro atoms. The minimum Gasteiger partial charge on any atom is -0.478 e. The Balaban J connectivity index is 2.97. The standard InChI is InChI=1S/C14H19NO5/c1-7-4-10(5-8(2)12(7)14(19)20)13(18)11(17)6-15-9(3)16/h4-5,11,13,17-18H,6H2,1-3H3,(H,15,16)(H,19,20). The molecule has 1 aromatic rings. The third-order valence-electron chi connectivity index (χ3n) is 3.04. The molecule has 0 bridgehead atoms. The average Bonchev–Trinajstić information content (AvgIpc) is 2.33. The molecule has 0 aliphatic rings. The molecule has 2 unspecified atom stereocenters. The third-order valence-corrected chi connectivity index (χ3v) is 3.04. The largest absolute Gasteiger partial charge is 0.478 e. The second-order valence-electron chi connectivity index (χ2n) is 4.78. The lowest BCUT2D eigenvalue weighted by atomic mass is 9.95. The van der Waals surface area contributed by atoms with Gasteiger partial charge in [-0.25, -0.2) is 4.79 Å². The number of nitrogens with one attached hydrogen (secondary N) is 1. The number of rotatable bonds is 5. The van der Waals surface area contributed by atoms with Crippen molar-refractivity contribution in [2.24, 2.45) is 0 Å². The molecule has 0 radical (unpaired) electrons. The summed E-state index contributed by atoms with van der Waals surface area (Å²) in [7, 11) is 0. The van der Waals surface area contributed by atoms with E-state index in [9.17, 15) is 19.8 Å². The van der Waals surface area contributed by atoms with Gasteiger partial charge in [0.15, 0.2) is 0 Å². The number of carboxylic acids is 1. The van der Waals surface area contributed by atoms with Gasteiger partial charge in [0.1, 0.15) is 12.2 Å². The van der Waals surface area contributed by atoms with E-state index in [1.807, 2.05) is 0 Å². The van der Waals surface area contributed by atoms with Gasteiger partial charge in [-0.05, 0) is 30.5 Å². The number of aryl methyl sites for hydroxylation is 2. The van der Waals surface area contributed by atoms with Gasteiger partial charge in [-0.15, -0.1) is 0 Å². The van der Waals surface area contributed by atoms with Crippen LogP contribution in [-0.4, -0.2) is 39.8 Å². The highest BCUT2D eigenvalue weighted by Gasteiger charge is 2.21. The Hall–Kier alpha value is -1.92. The summed E-state index contributed by atoms with van der Waals surface area (Å²) < 4.78 is 0. The van der Waals surface area contributed by atoms with E-state index in [2.05, 4.69) is 5.32 Å². The van der Waals surface area contributed by atoms with Crippen LogP contribution in [0.5, 0.6) is 0 Å². The number of carbonyl (C=O) groups excluding carboxylic acids is 1. The van der Waals surface area contributed by atoms with Gasteiger partial charge in [-0.1, -0.05) is 12.1 Å². The predicted octanol–water partition coefficient (Wildman–Crippen LogP) is 0.532. The first-order valence-corrected chi connectivity index (χ1v) is 6.19. The minimum absolute atomic E-state index is 0.0741. The maximum absolute atomic E-state index is 11.1. The Morgan fingerprint density at radius 1 is 1.20 bits per heavy atom. The number of benzene rings is 1. The van der Waals surface area contributed by atoms with Gasteiger partial charge in [0.25, 0.3) is 0 Å². The van der Waals surface area contributed by atoms with Crippen molar-refractivity contribution in [1.29, 1.82) is 0 Å². The highest BCUT2D eigenvalue weighted by atomic mass is 16.4. The topological polar surface area (TPSA) is 107 Å². The van der Waals surface area contributed by atoms with Crippen LogP contribution in [0, 0.1) is 13.8 Å². The normalized spacial score (nSPS) is 13.7. The number of aromatic carboxylic acids is 1. The Labute approximate surface area is 117 Å². The number of aliphatic hydroxyl groups excluding tert-OH is 2. The lowest BCUT2D eigenvalue weighted by Crippen LogP contribution is -2.34. The maximum Gasteiger partial charge on any atom is 0.336 e. The van der Waals surface area contributed by atoms with Crippen molar-refractivity contribution < 1.29 is 24.9 Å². The second kappa shape index (κ2) is 6.49. The van der Waals surface area contributed by atoms with Gasteiger partial charge in [-0.2, -0.15) is 0 Å². The third kappa shape index (κ3) is 3.79. The van der Waals surface area contributed by atoms with E-state index in [-0.39, 0.29) is 18.0 Å². The van der Waals surface area contributed by atoms with Crippen LogP contribution in [0.15, 0.2) is 12.1 Å².